The van der Waals surface area contributed by atoms with Crippen molar-refractivity contribution in [3.63, 3.8) is 0 Å². The Morgan fingerprint density at radius 2 is 2.12 bits per heavy atom. The summed E-state index contributed by atoms with van der Waals surface area (Å²) in [7, 11) is 0. The molecular formula is C19H14ClN5O. The zero-order chi connectivity index (χ0) is 18.1. The molecule has 0 saturated heterocycles. The monoisotopic (exact) mass is 363 g/mol. The molecule has 0 spiro atoms. The molecule has 0 bridgehead atoms. The number of hydrogen-bond donors (Lipinski definition) is 1. The lowest BCUT2D eigenvalue weighted by molar-refractivity contribution is 0.102. The molecule has 26 heavy (non-hydrogen) atoms. The van der Waals surface area contributed by atoms with Crippen LogP contribution in [0.15, 0.2) is 53.8 Å². The number of benzene rings is 1. The van der Waals surface area contributed by atoms with E-state index in [1.807, 2.05) is 13.0 Å². The van der Waals surface area contributed by atoms with E-state index in [2.05, 4.69) is 31.6 Å². The number of carbonyl (C=O) groups is 1. The van der Waals surface area contributed by atoms with Gasteiger partial charge in [0.15, 0.2) is 11.5 Å². The van der Waals surface area contributed by atoms with Gasteiger partial charge in [-0.25, -0.2) is 9.98 Å². The molecule has 0 radical (unpaired) electrons. The number of halogens is 1. The van der Waals surface area contributed by atoms with Crippen LogP contribution in [0.4, 0.5) is 11.5 Å². The van der Waals surface area contributed by atoms with Gasteiger partial charge in [0, 0.05) is 40.7 Å². The first-order valence-corrected chi connectivity index (χ1v) is 8.40. The zero-order valence-electron chi connectivity index (χ0n) is 13.9. The van der Waals surface area contributed by atoms with Crippen LogP contribution in [0.2, 0.25) is 5.02 Å². The summed E-state index contributed by atoms with van der Waals surface area (Å²) in [4.78, 5) is 21.2. The minimum absolute atomic E-state index is 0.245. The number of amides is 1. The lowest BCUT2D eigenvalue weighted by Crippen LogP contribution is -2.14. The third-order valence-electron chi connectivity index (χ3n) is 4.02. The topological polar surface area (TPSA) is 80.1 Å². The molecule has 3 heterocycles. The minimum Gasteiger partial charge on any atom is -0.321 e. The van der Waals surface area contributed by atoms with Crippen molar-refractivity contribution in [3.05, 3.63) is 76.2 Å². The van der Waals surface area contributed by atoms with Gasteiger partial charge in [-0.05, 0) is 42.8 Å². The molecule has 2 aromatic heterocycles. The van der Waals surface area contributed by atoms with Crippen LogP contribution >= 0.6 is 11.6 Å². The minimum atomic E-state index is -0.333. The van der Waals surface area contributed by atoms with Gasteiger partial charge in [0.25, 0.3) is 5.91 Å². The van der Waals surface area contributed by atoms with Gasteiger partial charge in [0.05, 0.1) is 5.71 Å². The van der Waals surface area contributed by atoms with E-state index < -0.39 is 0 Å². The van der Waals surface area contributed by atoms with Crippen molar-refractivity contribution in [2.24, 2.45) is 4.99 Å². The fourth-order valence-corrected chi connectivity index (χ4v) is 3.03. The molecule has 1 amide bonds. The lowest BCUT2D eigenvalue weighted by atomic mass is 10.0. The Labute approximate surface area is 155 Å². The second-order valence-corrected chi connectivity index (χ2v) is 6.40. The Hall–Kier alpha value is -3.12. The number of aryl methyl sites for hydroxylation is 1. The van der Waals surface area contributed by atoms with Crippen LogP contribution in [0.25, 0.3) is 0 Å². The Balaban J connectivity index is 1.61. The van der Waals surface area contributed by atoms with Crippen LogP contribution < -0.4 is 5.32 Å². The molecule has 1 N–H and O–H groups in total. The number of aromatic nitrogens is 3. The fourth-order valence-electron chi connectivity index (χ4n) is 2.80. The van der Waals surface area contributed by atoms with Crippen LogP contribution in [0.1, 0.15) is 27.2 Å². The molecule has 6 nitrogen and oxygen atoms in total. The van der Waals surface area contributed by atoms with Gasteiger partial charge >= 0.3 is 0 Å². The summed E-state index contributed by atoms with van der Waals surface area (Å²) in [5, 5.41) is 10.9. The average Bonchev–Trinajstić information content (AvgIpc) is 3.07. The van der Waals surface area contributed by atoms with E-state index in [0.717, 1.165) is 28.2 Å². The number of rotatable bonds is 3. The van der Waals surface area contributed by atoms with E-state index in [9.17, 15) is 4.79 Å². The largest absolute Gasteiger partial charge is 0.321 e. The quantitative estimate of drug-likeness (QED) is 0.768. The number of aliphatic imine (C=N–C) groups is 1. The van der Waals surface area contributed by atoms with Crippen LogP contribution in [-0.2, 0) is 6.42 Å². The number of fused-ring (bicyclic) bond motifs is 1. The van der Waals surface area contributed by atoms with Gasteiger partial charge in [-0.1, -0.05) is 17.7 Å². The Morgan fingerprint density at radius 1 is 1.23 bits per heavy atom. The summed E-state index contributed by atoms with van der Waals surface area (Å²) >= 11 is 6.37. The molecule has 0 atom stereocenters. The second kappa shape index (κ2) is 6.65. The molecule has 4 rings (SSSR count). The van der Waals surface area contributed by atoms with E-state index in [1.54, 1.807) is 30.5 Å². The first-order chi connectivity index (χ1) is 12.6. The SMILES string of the molecule is Cc1cnc2c(c1)CC(c1cc(NC(=O)c3cccnn3)ccc1Cl)=N2. The number of hydrogen-bond acceptors (Lipinski definition) is 5. The Morgan fingerprint density at radius 3 is 2.92 bits per heavy atom. The first-order valence-electron chi connectivity index (χ1n) is 8.02. The number of nitrogens with zero attached hydrogens (tertiary/aromatic N) is 4. The normalized spacial score (nSPS) is 12.5. The summed E-state index contributed by atoms with van der Waals surface area (Å²) < 4.78 is 0. The van der Waals surface area contributed by atoms with Crippen molar-refractivity contribution in [1.29, 1.82) is 0 Å². The van der Waals surface area contributed by atoms with E-state index in [4.69, 9.17) is 11.6 Å². The summed E-state index contributed by atoms with van der Waals surface area (Å²) in [5.74, 6) is 0.385. The molecular weight excluding hydrogens is 350 g/mol. The molecule has 3 aromatic rings. The molecule has 128 valence electrons. The average molecular weight is 364 g/mol. The van der Waals surface area contributed by atoms with Gasteiger partial charge in [0.1, 0.15) is 0 Å². The highest BCUT2D eigenvalue weighted by molar-refractivity contribution is 6.34. The molecule has 1 aliphatic heterocycles. The van der Waals surface area contributed by atoms with Gasteiger partial charge in [0.2, 0.25) is 0 Å². The highest BCUT2D eigenvalue weighted by Gasteiger charge is 2.20. The molecule has 0 fully saturated rings. The predicted octanol–water partition coefficient (Wildman–Crippen LogP) is 3.76. The Kier molecular flexibility index (Phi) is 4.18. The van der Waals surface area contributed by atoms with E-state index >= 15 is 0 Å². The Bertz CT molecular complexity index is 1030. The predicted molar refractivity (Wildman–Crippen MR) is 100 cm³/mol. The van der Waals surface area contributed by atoms with Crippen LogP contribution in [0, 0.1) is 6.92 Å². The van der Waals surface area contributed by atoms with E-state index in [-0.39, 0.29) is 11.6 Å². The third-order valence-corrected chi connectivity index (χ3v) is 4.35. The van der Waals surface area contributed by atoms with Gasteiger partial charge in [-0.3, -0.25) is 4.79 Å². The second-order valence-electron chi connectivity index (χ2n) is 5.99. The van der Waals surface area contributed by atoms with Gasteiger partial charge in [-0.15, -0.1) is 5.10 Å². The highest BCUT2D eigenvalue weighted by Crippen LogP contribution is 2.31. The van der Waals surface area contributed by atoms with Crippen molar-refractivity contribution in [3.8, 4) is 0 Å². The highest BCUT2D eigenvalue weighted by atomic mass is 35.5. The maximum Gasteiger partial charge on any atom is 0.276 e. The van der Waals surface area contributed by atoms with Crippen molar-refractivity contribution in [2.45, 2.75) is 13.3 Å². The van der Waals surface area contributed by atoms with E-state index in [1.165, 1.54) is 6.20 Å². The number of anilines is 1. The standard InChI is InChI=1S/C19H14ClN5O/c1-11-7-12-8-17(24-18(12)21-10-11)14-9-13(4-5-15(14)20)23-19(26)16-3-2-6-22-25-16/h2-7,9-10H,8H2,1H3,(H,23,26). The van der Waals surface area contributed by atoms with Gasteiger partial charge < -0.3 is 5.32 Å². The summed E-state index contributed by atoms with van der Waals surface area (Å²) in [6.45, 7) is 2.00. The molecule has 0 aliphatic carbocycles. The van der Waals surface area contributed by atoms with Crippen molar-refractivity contribution >= 4 is 34.7 Å². The van der Waals surface area contributed by atoms with Crippen molar-refractivity contribution < 1.29 is 4.79 Å². The summed E-state index contributed by atoms with van der Waals surface area (Å²) in [6, 6.07) is 10.6. The zero-order valence-corrected chi connectivity index (χ0v) is 14.7. The molecule has 0 unspecified atom stereocenters. The smallest absolute Gasteiger partial charge is 0.276 e. The van der Waals surface area contributed by atoms with Gasteiger partial charge in [-0.2, -0.15) is 5.10 Å². The van der Waals surface area contributed by atoms with Crippen LogP contribution in [-0.4, -0.2) is 26.8 Å². The third kappa shape index (κ3) is 3.19. The number of pyridine rings is 1. The molecule has 7 heteroatoms. The van der Waals surface area contributed by atoms with Crippen LogP contribution in [0.5, 0.6) is 0 Å². The maximum atomic E-state index is 12.3. The lowest BCUT2D eigenvalue weighted by Gasteiger charge is -2.09. The van der Waals surface area contributed by atoms with Crippen molar-refractivity contribution in [2.75, 3.05) is 5.32 Å². The molecule has 1 aliphatic rings. The number of carbonyl (C=O) groups excluding carboxylic acids is 1. The first kappa shape index (κ1) is 16.4. The fraction of sp³-hybridized carbons (Fsp3) is 0.105. The van der Waals surface area contributed by atoms with Crippen molar-refractivity contribution in [1.82, 2.24) is 15.2 Å². The summed E-state index contributed by atoms with van der Waals surface area (Å²) in [6.07, 6.45) is 3.97. The summed E-state index contributed by atoms with van der Waals surface area (Å²) in [5.41, 5.74) is 4.64. The van der Waals surface area contributed by atoms with E-state index in [0.29, 0.717) is 17.1 Å². The van der Waals surface area contributed by atoms with Crippen LogP contribution in [0.3, 0.4) is 0 Å². The number of nitrogens with one attached hydrogen (secondary N) is 1. The molecule has 1 aromatic carbocycles. The molecule has 0 saturated carbocycles. The maximum absolute atomic E-state index is 12.3.